The molecular formula is C14H23N3. The molecule has 5 N–H and O–H groups in total. The van der Waals surface area contributed by atoms with Gasteiger partial charge in [-0.15, -0.1) is 0 Å². The summed E-state index contributed by atoms with van der Waals surface area (Å²) in [7, 11) is 0. The summed E-state index contributed by atoms with van der Waals surface area (Å²) in [5.41, 5.74) is 12.4. The summed E-state index contributed by atoms with van der Waals surface area (Å²) in [6.07, 6.45) is 10.2. The van der Waals surface area contributed by atoms with Crippen LogP contribution in [0.1, 0.15) is 27.2 Å². The molecule has 0 rings (SSSR count). The van der Waals surface area contributed by atoms with Crippen LogP contribution in [0.15, 0.2) is 59.5 Å². The molecule has 17 heavy (non-hydrogen) atoms. The van der Waals surface area contributed by atoms with Crippen molar-refractivity contribution < 1.29 is 0 Å². The predicted molar refractivity (Wildman–Crippen MR) is 75.7 cm³/mol. The van der Waals surface area contributed by atoms with Crippen molar-refractivity contribution in [2.45, 2.75) is 27.2 Å². The van der Waals surface area contributed by atoms with Crippen LogP contribution in [0.25, 0.3) is 0 Å². The highest BCUT2D eigenvalue weighted by atomic mass is 15.2. The first-order chi connectivity index (χ1) is 8.14. The lowest BCUT2D eigenvalue weighted by Gasteiger charge is -2.08. The molecule has 0 saturated carbocycles. The first-order valence-corrected chi connectivity index (χ1v) is 5.69. The Morgan fingerprint density at radius 1 is 1.35 bits per heavy atom. The molecule has 0 saturated heterocycles. The fourth-order valence-corrected chi connectivity index (χ4v) is 1.47. The van der Waals surface area contributed by atoms with Gasteiger partial charge in [0.15, 0.2) is 0 Å². The van der Waals surface area contributed by atoms with Crippen molar-refractivity contribution in [2.24, 2.45) is 11.6 Å². The van der Waals surface area contributed by atoms with Crippen LogP contribution in [0.2, 0.25) is 0 Å². The van der Waals surface area contributed by atoms with E-state index in [9.17, 15) is 0 Å². The summed E-state index contributed by atoms with van der Waals surface area (Å²) in [6, 6.07) is 0. The van der Waals surface area contributed by atoms with Crippen molar-refractivity contribution in [1.82, 2.24) is 5.43 Å². The topological polar surface area (TPSA) is 64.1 Å². The summed E-state index contributed by atoms with van der Waals surface area (Å²) in [5.74, 6) is 5.29. The van der Waals surface area contributed by atoms with Crippen LogP contribution in [-0.4, -0.2) is 0 Å². The molecule has 0 unspecified atom stereocenters. The van der Waals surface area contributed by atoms with Gasteiger partial charge in [-0.25, -0.2) is 0 Å². The molecule has 0 spiro atoms. The normalized spacial score (nSPS) is 14.8. The van der Waals surface area contributed by atoms with E-state index >= 15 is 0 Å². The zero-order valence-corrected chi connectivity index (χ0v) is 11.0. The number of rotatable bonds is 6. The van der Waals surface area contributed by atoms with E-state index < -0.39 is 0 Å². The average molecular weight is 233 g/mol. The van der Waals surface area contributed by atoms with Gasteiger partial charge in [-0.1, -0.05) is 31.7 Å². The van der Waals surface area contributed by atoms with Crippen molar-refractivity contribution >= 4 is 0 Å². The predicted octanol–water partition coefficient (Wildman–Crippen LogP) is 2.66. The molecule has 0 aliphatic rings. The Bertz CT molecular complexity index is 371. The molecule has 3 nitrogen and oxygen atoms in total. The van der Waals surface area contributed by atoms with E-state index in [0.717, 1.165) is 23.1 Å². The van der Waals surface area contributed by atoms with Gasteiger partial charge in [0.1, 0.15) is 0 Å². The highest BCUT2D eigenvalue weighted by Crippen LogP contribution is 2.19. The maximum Gasteiger partial charge on any atom is 0.0201 e. The van der Waals surface area contributed by atoms with E-state index in [1.54, 1.807) is 18.5 Å². The molecule has 3 heteroatoms. The van der Waals surface area contributed by atoms with Crippen LogP contribution in [0, 0.1) is 0 Å². The minimum atomic E-state index is 0.928. The van der Waals surface area contributed by atoms with Gasteiger partial charge in [0.25, 0.3) is 0 Å². The molecule has 0 aromatic carbocycles. The Balaban J connectivity index is 5.36. The fraction of sp³-hybridized carbons (Fsp3) is 0.286. The maximum absolute atomic E-state index is 5.54. The van der Waals surface area contributed by atoms with E-state index in [-0.39, 0.29) is 0 Å². The molecule has 0 fully saturated rings. The molecule has 0 heterocycles. The Hall–Kier alpha value is -1.74. The van der Waals surface area contributed by atoms with E-state index in [0.29, 0.717) is 0 Å². The van der Waals surface area contributed by atoms with Crippen LogP contribution >= 0.6 is 0 Å². The second-order valence-electron chi connectivity index (χ2n) is 3.59. The van der Waals surface area contributed by atoms with Crippen molar-refractivity contribution in [3.63, 3.8) is 0 Å². The molecule has 0 bridgehead atoms. The minimum absolute atomic E-state index is 0.928. The maximum atomic E-state index is 5.54. The molecule has 94 valence electrons. The number of nitrogens with two attached hydrogens (primary N) is 2. The third-order valence-corrected chi connectivity index (χ3v) is 2.57. The monoisotopic (exact) mass is 233 g/mol. The molecule has 0 aliphatic heterocycles. The second-order valence-corrected chi connectivity index (χ2v) is 3.59. The van der Waals surface area contributed by atoms with Gasteiger partial charge in [-0.2, -0.15) is 0 Å². The summed E-state index contributed by atoms with van der Waals surface area (Å²) in [6.45, 7) is 9.86. The highest BCUT2D eigenvalue weighted by molar-refractivity contribution is 5.49. The molecule has 0 aromatic rings. The Morgan fingerprint density at radius 2 is 2.00 bits per heavy atom. The van der Waals surface area contributed by atoms with Gasteiger partial charge >= 0.3 is 0 Å². The molecule has 0 amide bonds. The Kier molecular flexibility index (Phi) is 7.55. The van der Waals surface area contributed by atoms with Crippen LogP contribution in [0.5, 0.6) is 0 Å². The summed E-state index contributed by atoms with van der Waals surface area (Å²) < 4.78 is 0. The molecule has 0 aromatic heterocycles. The smallest absolute Gasteiger partial charge is 0.0201 e. The SMILES string of the molecule is C=CC(=C\NN)/C(/C=C(CC)/C(C)=C\N)=C/C. The van der Waals surface area contributed by atoms with Gasteiger partial charge in [0, 0.05) is 6.20 Å². The third kappa shape index (κ3) is 4.74. The third-order valence-electron chi connectivity index (χ3n) is 2.57. The zero-order chi connectivity index (χ0) is 13.3. The summed E-state index contributed by atoms with van der Waals surface area (Å²) in [4.78, 5) is 0. The van der Waals surface area contributed by atoms with Gasteiger partial charge in [0.05, 0.1) is 0 Å². The lowest BCUT2D eigenvalue weighted by molar-refractivity contribution is 0.959. The lowest BCUT2D eigenvalue weighted by atomic mass is 9.98. The minimum Gasteiger partial charge on any atom is -0.404 e. The second kappa shape index (κ2) is 8.42. The average Bonchev–Trinajstić information content (AvgIpc) is 2.37. The largest absolute Gasteiger partial charge is 0.404 e. The Morgan fingerprint density at radius 3 is 2.35 bits per heavy atom. The van der Waals surface area contributed by atoms with Crippen molar-refractivity contribution in [1.29, 1.82) is 0 Å². The van der Waals surface area contributed by atoms with Crippen LogP contribution in [-0.2, 0) is 0 Å². The van der Waals surface area contributed by atoms with E-state index in [1.165, 1.54) is 5.57 Å². The molecule has 0 aliphatic carbocycles. The molecular weight excluding hydrogens is 210 g/mol. The van der Waals surface area contributed by atoms with Gasteiger partial charge in [-0.3, -0.25) is 5.84 Å². The number of hydrazine groups is 1. The van der Waals surface area contributed by atoms with Crippen LogP contribution in [0.4, 0.5) is 0 Å². The van der Waals surface area contributed by atoms with Crippen LogP contribution in [0.3, 0.4) is 0 Å². The van der Waals surface area contributed by atoms with E-state index in [1.807, 2.05) is 19.9 Å². The highest BCUT2D eigenvalue weighted by Gasteiger charge is 2.02. The number of allylic oxidation sites excluding steroid dienone is 7. The quantitative estimate of drug-likeness (QED) is 0.375. The standard InChI is InChI=1S/C14H23N3/c1-5-12(11(4)9-15)8-13(6-2)14(7-3)10-17-16/h6-10,17H,3,5,15-16H2,1-2,4H3/b11-9-,12-8+,13-6+,14-10+. The number of hydrogen-bond donors (Lipinski definition) is 3. The molecule has 0 atom stereocenters. The number of nitrogens with one attached hydrogen (secondary N) is 1. The van der Waals surface area contributed by atoms with E-state index in [4.69, 9.17) is 11.6 Å². The van der Waals surface area contributed by atoms with Crippen LogP contribution < -0.4 is 17.0 Å². The first-order valence-electron chi connectivity index (χ1n) is 5.69. The van der Waals surface area contributed by atoms with Gasteiger partial charge in [-0.05, 0) is 48.8 Å². The number of hydrogen-bond acceptors (Lipinski definition) is 3. The van der Waals surface area contributed by atoms with Crippen molar-refractivity contribution in [3.8, 4) is 0 Å². The first kappa shape index (κ1) is 15.3. The van der Waals surface area contributed by atoms with Gasteiger partial charge in [0.2, 0.25) is 0 Å². The Labute approximate surface area is 104 Å². The van der Waals surface area contributed by atoms with Crippen molar-refractivity contribution in [3.05, 3.63) is 59.5 Å². The lowest BCUT2D eigenvalue weighted by Crippen LogP contribution is -2.14. The zero-order valence-electron chi connectivity index (χ0n) is 11.0. The van der Waals surface area contributed by atoms with Gasteiger partial charge < -0.3 is 11.2 Å². The fourth-order valence-electron chi connectivity index (χ4n) is 1.47. The molecule has 0 radical (unpaired) electrons. The summed E-state index contributed by atoms with van der Waals surface area (Å²) >= 11 is 0. The summed E-state index contributed by atoms with van der Waals surface area (Å²) in [5, 5.41) is 0. The van der Waals surface area contributed by atoms with Crippen molar-refractivity contribution in [2.75, 3.05) is 0 Å². The van der Waals surface area contributed by atoms with E-state index in [2.05, 4.69) is 25.0 Å².